The number of ether oxygens (including phenoxy) is 2. The number of benzene rings is 1. The average molecular weight is 222 g/mol. The van der Waals surface area contributed by atoms with Gasteiger partial charge in [-0.25, -0.2) is 4.79 Å². The number of anilines is 2. The zero-order valence-corrected chi connectivity index (χ0v) is 8.81. The highest BCUT2D eigenvalue weighted by molar-refractivity contribution is 5.96. The van der Waals surface area contributed by atoms with E-state index < -0.39 is 12.3 Å². The van der Waals surface area contributed by atoms with Crippen molar-refractivity contribution in [2.24, 2.45) is 0 Å². The number of hydrogen-bond donors (Lipinski definition) is 2. The highest BCUT2D eigenvalue weighted by Gasteiger charge is 2.21. The van der Waals surface area contributed by atoms with E-state index in [-0.39, 0.29) is 5.56 Å². The van der Waals surface area contributed by atoms with Crippen LogP contribution in [-0.2, 0) is 9.47 Å². The summed E-state index contributed by atoms with van der Waals surface area (Å²) in [5.41, 5.74) is 12.4. The molecular formula is C11H14N2O3. The maximum atomic E-state index is 11.7. The van der Waals surface area contributed by atoms with Gasteiger partial charge in [-0.1, -0.05) is 0 Å². The van der Waals surface area contributed by atoms with Gasteiger partial charge in [0.25, 0.3) is 0 Å². The molecule has 0 amide bonds. The number of carbonyl (C=O) groups is 1. The highest BCUT2D eigenvalue weighted by Crippen LogP contribution is 2.20. The lowest BCUT2D eigenvalue weighted by atomic mass is 10.1. The van der Waals surface area contributed by atoms with E-state index in [4.69, 9.17) is 20.9 Å². The van der Waals surface area contributed by atoms with E-state index in [0.717, 1.165) is 12.8 Å². The van der Waals surface area contributed by atoms with Crippen molar-refractivity contribution in [3.8, 4) is 0 Å². The minimum Gasteiger partial charge on any atom is -0.432 e. The van der Waals surface area contributed by atoms with Gasteiger partial charge >= 0.3 is 5.97 Å². The molecule has 1 heterocycles. The fourth-order valence-electron chi connectivity index (χ4n) is 1.57. The van der Waals surface area contributed by atoms with Crippen molar-refractivity contribution >= 4 is 17.3 Å². The molecule has 1 aliphatic rings. The van der Waals surface area contributed by atoms with Crippen molar-refractivity contribution in [2.45, 2.75) is 19.1 Å². The first kappa shape index (κ1) is 10.8. The zero-order valence-electron chi connectivity index (χ0n) is 8.81. The Balaban J connectivity index is 2.10. The zero-order chi connectivity index (χ0) is 11.5. The minimum absolute atomic E-state index is 0.288. The number of esters is 1. The van der Waals surface area contributed by atoms with Gasteiger partial charge in [-0.3, -0.25) is 0 Å². The van der Waals surface area contributed by atoms with Gasteiger partial charge in [-0.2, -0.15) is 0 Å². The molecule has 4 N–H and O–H groups in total. The Kier molecular flexibility index (Phi) is 2.96. The molecule has 0 spiro atoms. The van der Waals surface area contributed by atoms with Gasteiger partial charge in [-0.05, 0) is 24.6 Å². The third-order valence-corrected chi connectivity index (χ3v) is 2.42. The molecule has 1 aliphatic heterocycles. The van der Waals surface area contributed by atoms with E-state index in [1.165, 1.54) is 6.07 Å². The van der Waals surface area contributed by atoms with E-state index in [9.17, 15) is 4.79 Å². The van der Waals surface area contributed by atoms with Crippen LogP contribution in [0.4, 0.5) is 11.4 Å². The van der Waals surface area contributed by atoms with Crippen molar-refractivity contribution in [3.63, 3.8) is 0 Å². The number of hydrogen-bond acceptors (Lipinski definition) is 5. The molecule has 16 heavy (non-hydrogen) atoms. The second-order valence-electron chi connectivity index (χ2n) is 3.69. The molecule has 5 heteroatoms. The first-order valence-electron chi connectivity index (χ1n) is 5.14. The van der Waals surface area contributed by atoms with Crippen molar-refractivity contribution in [1.29, 1.82) is 0 Å². The summed E-state index contributed by atoms with van der Waals surface area (Å²) in [6, 6.07) is 4.73. The fraction of sp³-hybridized carbons (Fsp3) is 0.364. The van der Waals surface area contributed by atoms with Crippen LogP contribution >= 0.6 is 0 Å². The molecule has 1 aromatic rings. The Labute approximate surface area is 93.3 Å². The van der Waals surface area contributed by atoms with Crippen molar-refractivity contribution in [3.05, 3.63) is 23.8 Å². The molecule has 86 valence electrons. The van der Waals surface area contributed by atoms with Gasteiger partial charge in [0, 0.05) is 17.8 Å². The molecule has 0 aliphatic carbocycles. The van der Waals surface area contributed by atoms with Crippen molar-refractivity contribution < 1.29 is 14.3 Å². The Bertz CT molecular complexity index is 400. The lowest BCUT2D eigenvalue weighted by molar-refractivity contribution is -0.0775. The van der Waals surface area contributed by atoms with Crippen LogP contribution < -0.4 is 11.5 Å². The van der Waals surface area contributed by atoms with Crippen LogP contribution in [0.2, 0.25) is 0 Å². The summed E-state index contributed by atoms with van der Waals surface area (Å²) < 4.78 is 10.3. The van der Waals surface area contributed by atoms with E-state index in [1.807, 2.05) is 0 Å². The second-order valence-corrected chi connectivity index (χ2v) is 3.69. The van der Waals surface area contributed by atoms with Crippen LogP contribution in [0.1, 0.15) is 23.2 Å². The summed E-state index contributed by atoms with van der Waals surface area (Å²) in [6.07, 6.45) is 1.19. The molecule has 0 aromatic heterocycles. The van der Waals surface area contributed by atoms with E-state index in [0.29, 0.717) is 18.0 Å². The van der Waals surface area contributed by atoms with Gasteiger partial charge in [0.15, 0.2) is 0 Å². The molecule has 5 nitrogen and oxygen atoms in total. The van der Waals surface area contributed by atoms with Crippen LogP contribution in [0.5, 0.6) is 0 Å². The van der Waals surface area contributed by atoms with Crippen LogP contribution in [0.3, 0.4) is 0 Å². The first-order chi connectivity index (χ1) is 7.66. The molecule has 0 saturated carbocycles. The molecule has 0 bridgehead atoms. The third-order valence-electron chi connectivity index (χ3n) is 2.42. The molecule has 2 rings (SSSR count). The van der Waals surface area contributed by atoms with Crippen molar-refractivity contribution in [2.75, 3.05) is 18.1 Å². The predicted molar refractivity (Wildman–Crippen MR) is 59.7 cm³/mol. The standard InChI is InChI=1S/C11H14N2O3/c12-7-3-4-9(13)8(6-7)11(14)16-10-2-1-5-15-10/h3-4,6,10H,1-2,5,12-13H2/t10-/m0/s1. The monoisotopic (exact) mass is 222 g/mol. The molecule has 1 atom stereocenters. The number of nitrogens with two attached hydrogens (primary N) is 2. The van der Waals surface area contributed by atoms with Gasteiger partial charge in [0.1, 0.15) is 0 Å². The summed E-state index contributed by atoms with van der Waals surface area (Å²) in [5, 5.41) is 0. The summed E-state index contributed by atoms with van der Waals surface area (Å²) in [5.74, 6) is -0.489. The van der Waals surface area contributed by atoms with Crippen LogP contribution in [-0.4, -0.2) is 18.9 Å². The summed E-state index contributed by atoms with van der Waals surface area (Å²) >= 11 is 0. The maximum absolute atomic E-state index is 11.7. The Morgan fingerprint density at radius 3 is 2.94 bits per heavy atom. The number of nitrogen functional groups attached to an aromatic ring is 2. The molecule has 0 unspecified atom stereocenters. The Hall–Kier alpha value is -1.75. The molecule has 1 saturated heterocycles. The molecule has 1 fully saturated rings. The summed E-state index contributed by atoms with van der Waals surface area (Å²) in [4.78, 5) is 11.7. The van der Waals surface area contributed by atoms with Crippen molar-refractivity contribution in [1.82, 2.24) is 0 Å². The molecule has 0 radical (unpaired) electrons. The van der Waals surface area contributed by atoms with E-state index >= 15 is 0 Å². The molecule has 1 aromatic carbocycles. The lowest BCUT2D eigenvalue weighted by Crippen LogP contribution is -2.18. The third kappa shape index (κ3) is 2.25. The van der Waals surface area contributed by atoms with Gasteiger partial charge < -0.3 is 20.9 Å². The average Bonchev–Trinajstić information content (AvgIpc) is 2.74. The van der Waals surface area contributed by atoms with Crippen LogP contribution in [0.25, 0.3) is 0 Å². The van der Waals surface area contributed by atoms with Crippen LogP contribution in [0, 0.1) is 0 Å². The number of carbonyl (C=O) groups excluding carboxylic acids is 1. The SMILES string of the molecule is Nc1ccc(N)c(C(=O)O[C@H]2CCCO2)c1. The maximum Gasteiger partial charge on any atom is 0.342 e. The Morgan fingerprint density at radius 2 is 2.25 bits per heavy atom. The Morgan fingerprint density at radius 1 is 1.44 bits per heavy atom. The molecular weight excluding hydrogens is 208 g/mol. The topological polar surface area (TPSA) is 87.6 Å². The van der Waals surface area contributed by atoms with E-state index in [2.05, 4.69) is 0 Å². The minimum atomic E-state index is -0.489. The van der Waals surface area contributed by atoms with Gasteiger partial charge in [0.05, 0.1) is 12.2 Å². The quantitative estimate of drug-likeness (QED) is 0.578. The fourth-order valence-corrected chi connectivity index (χ4v) is 1.57. The number of rotatable bonds is 2. The summed E-state index contributed by atoms with van der Waals surface area (Å²) in [6.45, 7) is 0.629. The highest BCUT2D eigenvalue weighted by atomic mass is 16.7. The lowest BCUT2D eigenvalue weighted by Gasteiger charge is -2.12. The van der Waals surface area contributed by atoms with E-state index in [1.54, 1.807) is 12.1 Å². The smallest absolute Gasteiger partial charge is 0.342 e. The largest absolute Gasteiger partial charge is 0.432 e. The predicted octanol–water partition coefficient (Wildman–Crippen LogP) is 1.14. The second kappa shape index (κ2) is 4.40. The first-order valence-corrected chi connectivity index (χ1v) is 5.14. The van der Waals surface area contributed by atoms with Crippen LogP contribution in [0.15, 0.2) is 18.2 Å². The normalized spacial score (nSPS) is 19.6. The summed E-state index contributed by atoms with van der Waals surface area (Å²) in [7, 11) is 0. The van der Waals surface area contributed by atoms with Gasteiger partial charge in [-0.15, -0.1) is 0 Å². The van der Waals surface area contributed by atoms with Gasteiger partial charge in [0.2, 0.25) is 6.29 Å².